The molecule has 0 saturated heterocycles. The Morgan fingerprint density at radius 2 is 2.00 bits per heavy atom. The van der Waals surface area contributed by atoms with Gasteiger partial charge in [0.2, 0.25) is 0 Å². The van der Waals surface area contributed by atoms with Crippen molar-refractivity contribution in [3.63, 3.8) is 0 Å². The summed E-state index contributed by atoms with van der Waals surface area (Å²) >= 11 is 0. The van der Waals surface area contributed by atoms with Crippen LogP contribution in [-0.4, -0.2) is 5.78 Å². The number of hydrogen-bond donors (Lipinski definition) is 0. The molecule has 2 heteroatoms. The van der Waals surface area contributed by atoms with Crippen molar-refractivity contribution in [3.8, 4) is 0 Å². The fraction of sp³-hybridized carbons (Fsp3) is 0.500. The van der Waals surface area contributed by atoms with Crippen molar-refractivity contribution in [1.82, 2.24) is 0 Å². The predicted molar refractivity (Wildman–Crippen MR) is 20.7 cm³/mol. The largest absolute Gasteiger partial charge is 0.336 e. The van der Waals surface area contributed by atoms with E-state index in [2.05, 4.69) is 6.92 Å². The second-order valence-electron chi connectivity index (χ2n) is 0.952. The summed E-state index contributed by atoms with van der Waals surface area (Å²) in [6.07, 6.45) is 0.417. The molecule has 0 rings (SSSR count). The van der Waals surface area contributed by atoms with Crippen LogP contribution in [0.25, 0.3) is 0 Å². The van der Waals surface area contributed by atoms with Crippen LogP contribution in [0.5, 0.6) is 0 Å². The minimum atomic E-state index is 0. The maximum atomic E-state index is 9.75. The van der Waals surface area contributed by atoms with E-state index in [1.165, 1.54) is 6.92 Å². The van der Waals surface area contributed by atoms with Gasteiger partial charge in [0, 0.05) is 18.6 Å². The van der Waals surface area contributed by atoms with Crippen molar-refractivity contribution in [2.24, 2.45) is 0 Å². The molecule has 0 aliphatic rings. The minimum Gasteiger partial charge on any atom is -0.336 e. The van der Waals surface area contributed by atoms with Crippen molar-refractivity contribution in [2.75, 3.05) is 0 Å². The molecule has 1 nitrogen and oxygen atoms in total. The molecule has 1 radical (unpaired) electrons. The average Bonchev–Trinajstić information content (AvgIpc) is 1.38. The molecule has 6 heavy (non-hydrogen) atoms. The van der Waals surface area contributed by atoms with Gasteiger partial charge in [0.25, 0.3) is 0 Å². The maximum Gasteiger partial charge on any atom is 0.0998 e. The van der Waals surface area contributed by atoms with Gasteiger partial charge < -0.3 is 11.7 Å². The summed E-state index contributed by atoms with van der Waals surface area (Å²) in [5, 5.41) is 0. The Labute approximate surface area is 50.0 Å². The average molecular weight is 122 g/mol. The zero-order chi connectivity index (χ0) is 4.28. The normalized spacial score (nSPS) is 6.33. The van der Waals surface area contributed by atoms with Crippen molar-refractivity contribution in [3.05, 3.63) is 6.92 Å². The zero-order valence-corrected chi connectivity index (χ0v) is 5.17. The van der Waals surface area contributed by atoms with E-state index in [-0.39, 0.29) is 24.3 Å². The topological polar surface area (TPSA) is 17.1 Å². The quantitative estimate of drug-likeness (QED) is 0.470. The molecule has 0 aromatic carbocycles. The van der Waals surface area contributed by atoms with Gasteiger partial charge in [-0.15, -0.1) is 6.42 Å². The van der Waals surface area contributed by atoms with Crippen LogP contribution in [0.15, 0.2) is 0 Å². The van der Waals surface area contributed by atoms with Crippen LogP contribution in [0.2, 0.25) is 0 Å². The number of carbonyl (C=O) groups excluding carboxylic acids is 1. The molecule has 0 aromatic heterocycles. The third kappa shape index (κ3) is 8.87. The Kier molecular flexibility index (Phi) is 8.35. The molecular formula is C4H7OV-. The molecule has 0 aliphatic heterocycles. The van der Waals surface area contributed by atoms with E-state index >= 15 is 0 Å². The standard InChI is InChI=1S/C4H7O.V/c1-3-4(2)5;/h1,3H2,2H3;/q-1;. The summed E-state index contributed by atoms with van der Waals surface area (Å²) in [5.74, 6) is 0.144. The first-order valence-corrected chi connectivity index (χ1v) is 1.56. The summed E-state index contributed by atoms with van der Waals surface area (Å²) in [5.41, 5.74) is 0. The molecule has 0 aromatic rings. The van der Waals surface area contributed by atoms with Crippen molar-refractivity contribution >= 4 is 5.78 Å². The molecule has 0 amide bonds. The van der Waals surface area contributed by atoms with Gasteiger partial charge in [0.1, 0.15) is 0 Å². The van der Waals surface area contributed by atoms with E-state index < -0.39 is 0 Å². The van der Waals surface area contributed by atoms with Gasteiger partial charge in [-0.25, -0.2) is 0 Å². The Morgan fingerprint density at radius 1 is 1.83 bits per heavy atom. The van der Waals surface area contributed by atoms with Crippen LogP contribution < -0.4 is 0 Å². The van der Waals surface area contributed by atoms with Gasteiger partial charge in [-0.05, 0) is 6.92 Å². The number of carbonyl (C=O) groups is 1. The van der Waals surface area contributed by atoms with Crippen LogP contribution in [0.4, 0.5) is 0 Å². The van der Waals surface area contributed by atoms with Crippen LogP contribution in [0.3, 0.4) is 0 Å². The molecule has 0 fully saturated rings. The second kappa shape index (κ2) is 5.25. The van der Waals surface area contributed by atoms with Gasteiger partial charge in [0.05, 0.1) is 5.78 Å². The first-order valence-electron chi connectivity index (χ1n) is 1.56. The van der Waals surface area contributed by atoms with Crippen LogP contribution >= 0.6 is 0 Å². The van der Waals surface area contributed by atoms with E-state index in [1.54, 1.807) is 0 Å². The first-order chi connectivity index (χ1) is 2.27. The molecule has 0 aliphatic carbocycles. The van der Waals surface area contributed by atoms with E-state index in [9.17, 15) is 4.79 Å². The van der Waals surface area contributed by atoms with Crippen molar-refractivity contribution < 1.29 is 23.4 Å². The fourth-order valence-corrected chi connectivity index (χ4v) is 0. The zero-order valence-electron chi connectivity index (χ0n) is 3.77. The van der Waals surface area contributed by atoms with E-state index in [1.807, 2.05) is 0 Å². The van der Waals surface area contributed by atoms with E-state index in [0.717, 1.165) is 0 Å². The fourth-order valence-electron chi connectivity index (χ4n) is 0. The first kappa shape index (κ1) is 9.54. The Balaban J connectivity index is 0. The molecule has 0 N–H and O–H groups in total. The third-order valence-corrected chi connectivity index (χ3v) is 0.352. The summed E-state index contributed by atoms with van der Waals surface area (Å²) in [7, 11) is 0. The smallest absolute Gasteiger partial charge is 0.0998 e. The van der Waals surface area contributed by atoms with Crippen LogP contribution in [0.1, 0.15) is 13.3 Å². The molecule has 35 valence electrons. The van der Waals surface area contributed by atoms with E-state index in [4.69, 9.17) is 0 Å². The van der Waals surface area contributed by atoms with Gasteiger partial charge in [-0.1, -0.05) is 0 Å². The number of ketones is 1. The van der Waals surface area contributed by atoms with Crippen molar-refractivity contribution in [1.29, 1.82) is 0 Å². The molecule has 0 bridgehead atoms. The molecule has 0 atom stereocenters. The third-order valence-electron chi connectivity index (χ3n) is 0.352. The molecular weight excluding hydrogens is 115 g/mol. The second-order valence-corrected chi connectivity index (χ2v) is 0.952. The Bertz CT molecular complexity index is 42.8. The Hall–Kier alpha value is 0.254. The molecule has 0 unspecified atom stereocenters. The van der Waals surface area contributed by atoms with Gasteiger partial charge in [0.15, 0.2) is 0 Å². The minimum absolute atomic E-state index is 0. The predicted octanol–water partition coefficient (Wildman–Crippen LogP) is 0.797. The molecule has 0 saturated carbocycles. The van der Waals surface area contributed by atoms with Gasteiger partial charge >= 0.3 is 0 Å². The maximum absolute atomic E-state index is 9.75. The number of Topliss-reactive ketones (excluding diaryl/α,β-unsaturated/α-hetero) is 1. The van der Waals surface area contributed by atoms with Crippen molar-refractivity contribution in [2.45, 2.75) is 13.3 Å². The monoisotopic (exact) mass is 122 g/mol. The summed E-state index contributed by atoms with van der Waals surface area (Å²) in [6, 6.07) is 0. The summed E-state index contributed by atoms with van der Waals surface area (Å²) in [6.45, 7) is 4.86. The SMILES string of the molecule is [CH2-]CC(C)=O.[V]. The number of rotatable bonds is 1. The van der Waals surface area contributed by atoms with Gasteiger partial charge in [-0.3, -0.25) is 0 Å². The van der Waals surface area contributed by atoms with Crippen LogP contribution in [-0.2, 0) is 23.4 Å². The summed E-state index contributed by atoms with van der Waals surface area (Å²) < 4.78 is 0. The van der Waals surface area contributed by atoms with Gasteiger partial charge in [-0.2, -0.15) is 0 Å². The van der Waals surface area contributed by atoms with E-state index in [0.29, 0.717) is 6.42 Å². The number of hydrogen-bond acceptors (Lipinski definition) is 1. The molecule has 0 heterocycles. The Morgan fingerprint density at radius 3 is 2.00 bits per heavy atom. The van der Waals surface area contributed by atoms with Crippen LogP contribution in [0, 0.1) is 6.92 Å². The summed E-state index contributed by atoms with van der Waals surface area (Å²) in [4.78, 5) is 9.75. The molecule has 0 spiro atoms.